The fourth-order valence-electron chi connectivity index (χ4n) is 1.60. The number of aromatic carboxylic acids is 1. The monoisotopic (exact) mass is 271 g/mol. The molecule has 0 radical (unpaired) electrons. The lowest BCUT2D eigenvalue weighted by atomic mass is 10.2. The highest BCUT2D eigenvalue weighted by Gasteiger charge is 2.13. The van der Waals surface area contributed by atoms with Gasteiger partial charge in [0.2, 0.25) is 0 Å². The fraction of sp³-hybridized carbons (Fsp3) is 0.667. The SMILES string of the molecule is COCCOCCCNCc1c(C(=O)O)cnn1C. The van der Waals surface area contributed by atoms with Crippen molar-refractivity contribution in [2.45, 2.75) is 13.0 Å². The van der Waals surface area contributed by atoms with Crippen LogP contribution in [0.15, 0.2) is 6.20 Å². The normalized spacial score (nSPS) is 10.8. The van der Waals surface area contributed by atoms with Crippen molar-refractivity contribution in [3.63, 3.8) is 0 Å². The molecule has 108 valence electrons. The van der Waals surface area contributed by atoms with Crippen LogP contribution < -0.4 is 5.32 Å². The van der Waals surface area contributed by atoms with Gasteiger partial charge in [-0.2, -0.15) is 5.10 Å². The smallest absolute Gasteiger partial charge is 0.339 e. The summed E-state index contributed by atoms with van der Waals surface area (Å²) in [5.41, 5.74) is 0.916. The summed E-state index contributed by atoms with van der Waals surface area (Å²) in [6.07, 6.45) is 2.23. The van der Waals surface area contributed by atoms with Gasteiger partial charge in [0.25, 0.3) is 0 Å². The van der Waals surface area contributed by atoms with E-state index in [0.717, 1.165) is 13.0 Å². The fourth-order valence-corrected chi connectivity index (χ4v) is 1.60. The number of methoxy groups -OCH3 is 1. The Morgan fingerprint density at radius 3 is 2.95 bits per heavy atom. The molecular weight excluding hydrogens is 250 g/mol. The molecule has 0 saturated heterocycles. The Labute approximate surface area is 112 Å². The average Bonchev–Trinajstić information content (AvgIpc) is 2.74. The molecule has 0 aliphatic carbocycles. The number of carboxylic acid groups (broad SMARTS) is 1. The molecule has 0 amide bonds. The molecule has 0 spiro atoms. The zero-order chi connectivity index (χ0) is 14.1. The van der Waals surface area contributed by atoms with E-state index in [1.807, 2.05) is 0 Å². The lowest BCUT2D eigenvalue weighted by Crippen LogP contribution is -2.20. The third kappa shape index (κ3) is 5.37. The van der Waals surface area contributed by atoms with Crippen molar-refractivity contribution in [2.75, 3.05) is 33.5 Å². The number of carboxylic acids is 1. The van der Waals surface area contributed by atoms with Gasteiger partial charge in [-0.25, -0.2) is 4.79 Å². The molecule has 0 atom stereocenters. The minimum absolute atomic E-state index is 0.242. The predicted molar refractivity (Wildman–Crippen MR) is 69.2 cm³/mol. The van der Waals surface area contributed by atoms with Crippen LogP contribution >= 0.6 is 0 Å². The van der Waals surface area contributed by atoms with E-state index in [4.69, 9.17) is 14.6 Å². The molecular formula is C12H21N3O4. The number of carbonyl (C=O) groups is 1. The molecule has 0 bridgehead atoms. The van der Waals surface area contributed by atoms with Gasteiger partial charge >= 0.3 is 5.97 Å². The minimum Gasteiger partial charge on any atom is -0.478 e. The number of hydrogen-bond acceptors (Lipinski definition) is 5. The molecule has 0 aliphatic heterocycles. The Hall–Kier alpha value is -1.44. The maximum absolute atomic E-state index is 11.0. The van der Waals surface area contributed by atoms with E-state index >= 15 is 0 Å². The van der Waals surface area contributed by atoms with Crippen LogP contribution in [-0.4, -0.2) is 54.3 Å². The molecule has 1 aromatic heterocycles. The average molecular weight is 271 g/mol. The van der Waals surface area contributed by atoms with Gasteiger partial charge in [-0.3, -0.25) is 4.68 Å². The molecule has 0 aliphatic rings. The van der Waals surface area contributed by atoms with Gasteiger partial charge in [-0.05, 0) is 13.0 Å². The van der Waals surface area contributed by atoms with Crippen LogP contribution in [0.5, 0.6) is 0 Å². The van der Waals surface area contributed by atoms with Crippen LogP contribution in [0.3, 0.4) is 0 Å². The zero-order valence-corrected chi connectivity index (χ0v) is 11.4. The van der Waals surface area contributed by atoms with Gasteiger partial charge in [0, 0.05) is 27.3 Å². The van der Waals surface area contributed by atoms with Gasteiger partial charge in [-0.15, -0.1) is 0 Å². The summed E-state index contributed by atoms with van der Waals surface area (Å²) in [6, 6.07) is 0. The molecule has 1 heterocycles. The van der Waals surface area contributed by atoms with Crippen LogP contribution in [0.1, 0.15) is 22.5 Å². The minimum atomic E-state index is -0.951. The summed E-state index contributed by atoms with van der Waals surface area (Å²) in [6.45, 7) is 3.10. The molecule has 1 rings (SSSR count). The van der Waals surface area contributed by atoms with Crippen LogP contribution in [-0.2, 0) is 23.1 Å². The summed E-state index contributed by atoms with van der Waals surface area (Å²) >= 11 is 0. The first-order chi connectivity index (χ1) is 9.16. The van der Waals surface area contributed by atoms with Crippen molar-refractivity contribution < 1.29 is 19.4 Å². The van der Waals surface area contributed by atoms with Gasteiger partial charge in [0.1, 0.15) is 5.56 Å². The molecule has 2 N–H and O–H groups in total. The highest BCUT2D eigenvalue weighted by Crippen LogP contribution is 2.06. The summed E-state index contributed by atoms with van der Waals surface area (Å²) in [4.78, 5) is 11.0. The second-order valence-electron chi connectivity index (χ2n) is 4.07. The summed E-state index contributed by atoms with van der Waals surface area (Å²) in [5, 5.41) is 16.1. The number of nitrogens with one attached hydrogen (secondary N) is 1. The van der Waals surface area contributed by atoms with Gasteiger partial charge < -0.3 is 19.9 Å². The summed E-state index contributed by atoms with van der Waals surface area (Å²) < 4.78 is 11.8. The molecule has 1 aromatic rings. The molecule has 0 aromatic carbocycles. The van der Waals surface area contributed by atoms with E-state index in [1.54, 1.807) is 18.8 Å². The van der Waals surface area contributed by atoms with Crippen LogP contribution in [0.2, 0.25) is 0 Å². The third-order valence-corrected chi connectivity index (χ3v) is 2.66. The Morgan fingerprint density at radius 2 is 2.26 bits per heavy atom. The van der Waals surface area contributed by atoms with Crippen LogP contribution in [0, 0.1) is 0 Å². The van der Waals surface area contributed by atoms with E-state index in [0.29, 0.717) is 32.1 Å². The number of nitrogens with zero attached hydrogens (tertiary/aromatic N) is 2. The summed E-state index contributed by atoms with van der Waals surface area (Å²) in [5.74, 6) is -0.951. The maximum atomic E-state index is 11.0. The molecule has 19 heavy (non-hydrogen) atoms. The Morgan fingerprint density at radius 1 is 1.47 bits per heavy atom. The van der Waals surface area contributed by atoms with Crippen molar-refractivity contribution in [3.05, 3.63) is 17.5 Å². The summed E-state index contributed by atoms with van der Waals surface area (Å²) in [7, 11) is 3.37. The number of aromatic nitrogens is 2. The van der Waals surface area contributed by atoms with Crippen molar-refractivity contribution in [1.82, 2.24) is 15.1 Å². The van der Waals surface area contributed by atoms with Crippen molar-refractivity contribution in [1.29, 1.82) is 0 Å². The first-order valence-corrected chi connectivity index (χ1v) is 6.18. The van der Waals surface area contributed by atoms with E-state index in [-0.39, 0.29) is 5.56 Å². The topological polar surface area (TPSA) is 85.6 Å². The number of ether oxygens (including phenoxy) is 2. The largest absolute Gasteiger partial charge is 0.478 e. The van der Waals surface area contributed by atoms with Crippen molar-refractivity contribution in [3.8, 4) is 0 Å². The third-order valence-electron chi connectivity index (χ3n) is 2.66. The Bertz CT molecular complexity index is 392. The number of rotatable bonds is 10. The van der Waals surface area contributed by atoms with Crippen molar-refractivity contribution in [2.24, 2.45) is 7.05 Å². The van der Waals surface area contributed by atoms with Crippen molar-refractivity contribution >= 4 is 5.97 Å². The van der Waals surface area contributed by atoms with E-state index in [2.05, 4.69) is 10.4 Å². The van der Waals surface area contributed by atoms with E-state index in [1.165, 1.54) is 6.20 Å². The van der Waals surface area contributed by atoms with Crippen LogP contribution in [0.4, 0.5) is 0 Å². The Balaban J connectivity index is 2.19. The molecule has 0 saturated carbocycles. The lowest BCUT2D eigenvalue weighted by Gasteiger charge is -2.07. The molecule has 0 fully saturated rings. The first-order valence-electron chi connectivity index (χ1n) is 6.18. The quantitative estimate of drug-likeness (QED) is 0.594. The number of aryl methyl sites for hydroxylation is 1. The lowest BCUT2D eigenvalue weighted by molar-refractivity contribution is 0.0690. The van der Waals surface area contributed by atoms with Gasteiger partial charge in [0.15, 0.2) is 0 Å². The molecule has 7 heteroatoms. The number of hydrogen-bond donors (Lipinski definition) is 2. The van der Waals surface area contributed by atoms with Gasteiger partial charge in [0.05, 0.1) is 25.1 Å². The molecule has 0 unspecified atom stereocenters. The van der Waals surface area contributed by atoms with Crippen LogP contribution in [0.25, 0.3) is 0 Å². The first kappa shape index (κ1) is 15.6. The highest BCUT2D eigenvalue weighted by atomic mass is 16.5. The van der Waals surface area contributed by atoms with E-state index < -0.39 is 5.97 Å². The predicted octanol–water partition coefficient (Wildman–Crippen LogP) is 0.261. The Kier molecular flexibility index (Phi) is 7.09. The standard InChI is InChI=1S/C12H21N3O4/c1-15-11(10(8-14-15)12(16)17)9-13-4-3-5-19-7-6-18-2/h8,13H,3-7,9H2,1-2H3,(H,16,17). The highest BCUT2D eigenvalue weighted by molar-refractivity contribution is 5.88. The maximum Gasteiger partial charge on any atom is 0.339 e. The van der Waals surface area contributed by atoms with Gasteiger partial charge in [-0.1, -0.05) is 0 Å². The second kappa shape index (κ2) is 8.63. The zero-order valence-electron chi connectivity index (χ0n) is 11.4. The molecule has 7 nitrogen and oxygen atoms in total. The van der Waals surface area contributed by atoms with E-state index in [9.17, 15) is 4.79 Å². The second-order valence-corrected chi connectivity index (χ2v) is 4.07.